The first kappa shape index (κ1) is 27.0. The van der Waals surface area contributed by atoms with E-state index in [-0.39, 0.29) is 18.6 Å². The Bertz CT molecular complexity index is 1550. The monoisotopic (exact) mass is 540 g/mol. The summed E-state index contributed by atoms with van der Waals surface area (Å²) < 4.78 is 18.7. The fraction of sp³-hybridized carbons (Fsp3) is 0.281. The highest BCUT2D eigenvalue weighted by Gasteiger charge is 2.27. The van der Waals surface area contributed by atoms with Crippen molar-refractivity contribution in [1.82, 2.24) is 9.88 Å². The summed E-state index contributed by atoms with van der Waals surface area (Å²) in [6.45, 7) is 1.03. The third kappa shape index (κ3) is 6.01. The molecule has 8 nitrogen and oxygen atoms in total. The minimum Gasteiger partial charge on any atom is -0.493 e. The summed E-state index contributed by atoms with van der Waals surface area (Å²) in [6.07, 6.45) is 2.72. The molecule has 2 heterocycles. The largest absolute Gasteiger partial charge is 0.493 e. The standard InChI is InChI=1S/C32H32N2O6/c1-38-27-16-15-24-20-25(31(36)34-17-9-4-10-18-39-29(27)28(24)34)30(35)33-26(19-22-11-5-2-6-12-22)32(37)40-21-23-13-7-3-8-14-23/h2-3,5-8,11-16,20,26H,4,9-10,17-19,21H2,1H3,(H,33,35)/t26-/m0/s1. The lowest BCUT2D eigenvalue weighted by Gasteiger charge is -2.20. The predicted octanol–water partition coefficient (Wildman–Crippen LogP) is 4.66. The number of pyridine rings is 1. The molecule has 1 aliphatic heterocycles. The van der Waals surface area contributed by atoms with E-state index in [4.69, 9.17) is 14.2 Å². The van der Waals surface area contributed by atoms with Crippen LogP contribution in [0.1, 0.15) is 40.7 Å². The molecule has 40 heavy (non-hydrogen) atoms. The average Bonchev–Trinajstić information content (AvgIpc) is 3.10. The van der Waals surface area contributed by atoms with Crippen molar-refractivity contribution in [3.05, 3.63) is 106 Å². The number of carbonyl (C=O) groups is 2. The third-order valence-electron chi connectivity index (χ3n) is 7.01. The van der Waals surface area contributed by atoms with Crippen molar-refractivity contribution in [3.8, 4) is 11.5 Å². The van der Waals surface area contributed by atoms with Gasteiger partial charge in [0.25, 0.3) is 11.5 Å². The lowest BCUT2D eigenvalue weighted by atomic mass is 10.0. The Morgan fingerprint density at radius 2 is 1.68 bits per heavy atom. The van der Waals surface area contributed by atoms with Gasteiger partial charge in [-0.25, -0.2) is 4.79 Å². The summed E-state index contributed by atoms with van der Waals surface area (Å²) in [4.78, 5) is 40.5. The highest BCUT2D eigenvalue weighted by molar-refractivity contribution is 6.00. The highest BCUT2D eigenvalue weighted by Crippen LogP contribution is 2.36. The van der Waals surface area contributed by atoms with Gasteiger partial charge in [-0.2, -0.15) is 0 Å². The van der Waals surface area contributed by atoms with Crippen molar-refractivity contribution in [3.63, 3.8) is 0 Å². The number of methoxy groups -OCH3 is 1. The van der Waals surface area contributed by atoms with Crippen molar-refractivity contribution >= 4 is 22.8 Å². The number of rotatable bonds is 8. The van der Waals surface area contributed by atoms with Crippen molar-refractivity contribution in [2.24, 2.45) is 0 Å². The number of amides is 1. The Morgan fingerprint density at radius 1 is 0.950 bits per heavy atom. The predicted molar refractivity (Wildman–Crippen MR) is 152 cm³/mol. The maximum atomic E-state index is 13.7. The molecule has 0 saturated carbocycles. The molecule has 1 atom stereocenters. The number of nitrogens with zero attached hydrogens (tertiary/aromatic N) is 1. The minimum atomic E-state index is -0.987. The number of hydrogen-bond donors (Lipinski definition) is 1. The summed E-state index contributed by atoms with van der Waals surface area (Å²) in [5.41, 5.74) is 1.81. The molecule has 1 aliphatic rings. The maximum Gasteiger partial charge on any atom is 0.329 e. The van der Waals surface area contributed by atoms with Gasteiger partial charge in [-0.1, -0.05) is 60.7 Å². The van der Waals surface area contributed by atoms with Gasteiger partial charge < -0.3 is 24.1 Å². The highest BCUT2D eigenvalue weighted by atomic mass is 16.5. The summed E-state index contributed by atoms with van der Waals surface area (Å²) in [5, 5.41) is 3.46. The van der Waals surface area contributed by atoms with Gasteiger partial charge in [0.2, 0.25) is 0 Å². The number of nitrogens with one attached hydrogen (secondary N) is 1. The second kappa shape index (κ2) is 12.5. The normalized spacial score (nSPS) is 13.7. The van der Waals surface area contributed by atoms with Crippen LogP contribution in [-0.2, 0) is 29.1 Å². The molecule has 0 fully saturated rings. The molecule has 206 valence electrons. The van der Waals surface area contributed by atoms with Crippen LogP contribution < -0.4 is 20.3 Å². The fourth-order valence-electron chi connectivity index (χ4n) is 4.93. The van der Waals surface area contributed by atoms with Gasteiger partial charge in [0.05, 0.1) is 19.2 Å². The van der Waals surface area contributed by atoms with Crippen LogP contribution in [0.2, 0.25) is 0 Å². The molecule has 0 saturated heterocycles. The number of aryl methyl sites for hydroxylation is 1. The Morgan fingerprint density at radius 3 is 2.40 bits per heavy atom. The molecule has 5 rings (SSSR count). The van der Waals surface area contributed by atoms with E-state index in [1.807, 2.05) is 60.7 Å². The number of esters is 1. The summed E-state index contributed by atoms with van der Waals surface area (Å²) >= 11 is 0. The molecular weight excluding hydrogens is 508 g/mol. The second-order valence-electron chi connectivity index (χ2n) is 9.77. The molecule has 0 aliphatic carbocycles. The molecule has 0 radical (unpaired) electrons. The number of hydrogen-bond acceptors (Lipinski definition) is 6. The lowest BCUT2D eigenvalue weighted by molar-refractivity contribution is -0.147. The van der Waals surface area contributed by atoms with Crippen LogP contribution in [0.3, 0.4) is 0 Å². The van der Waals surface area contributed by atoms with Crippen molar-refractivity contribution in [1.29, 1.82) is 0 Å². The summed E-state index contributed by atoms with van der Waals surface area (Å²) in [5.74, 6) is -0.180. The number of benzene rings is 3. The Labute approximate surface area is 232 Å². The van der Waals surface area contributed by atoms with Gasteiger partial charge in [-0.3, -0.25) is 9.59 Å². The van der Waals surface area contributed by atoms with E-state index < -0.39 is 23.5 Å². The zero-order chi connectivity index (χ0) is 27.9. The Hall–Kier alpha value is -4.59. The topological polar surface area (TPSA) is 95.9 Å². The Kier molecular flexibility index (Phi) is 8.44. The first-order chi connectivity index (χ1) is 19.5. The van der Waals surface area contributed by atoms with Crippen LogP contribution in [-0.4, -0.2) is 36.2 Å². The Balaban J connectivity index is 1.47. The third-order valence-corrected chi connectivity index (χ3v) is 7.01. The molecule has 1 amide bonds. The van der Waals surface area contributed by atoms with Crippen LogP contribution >= 0.6 is 0 Å². The van der Waals surface area contributed by atoms with E-state index in [0.29, 0.717) is 35.6 Å². The van der Waals surface area contributed by atoms with E-state index in [0.717, 1.165) is 30.4 Å². The van der Waals surface area contributed by atoms with E-state index in [2.05, 4.69) is 5.32 Å². The van der Waals surface area contributed by atoms with Crippen molar-refractivity contribution in [2.45, 2.75) is 44.9 Å². The quantitative estimate of drug-likeness (QED) is 0.327. The SMILES string of the molecule is COc1ccc2cc(C(=O)N[C@@H](Cc3ccccc3)C(=O)OCc3ccccc3)c(=O)n3c2c1OCCCCC3. The van der Waals surface area contributed by atoms with Gasteiger partial charge in [-0.05, 0) is 48.6 Å². The molecule has 1 aromatic heterocycles. The molecule has 0 unspecified atom stereocenters. The van der Waals surface area contributed by atoms with Crippen LogP contribution in [0.5, 0.6) is 11.5 Å². The number of ether oxygens (including phenoxy) is 3. The zero-order valence-electron chi connectivity index (χ0n) is 22.4. The zero-order valence-corrected chi connectivity index (χ0v) is 22.4. The first-order valence-electron chi connectivity index (χ1n) is 13.5. The van der Waals surface area contributed by atoms with E-state index in [1.165, 1.54) is 0 Å². The maximum absolute atomic E-state index is 13.7. The smallest absolute Gasteiger partial charge is 0.329 e. The van der Waals surface area contributed by atoms with Crippen molar-refractivity contribution < 1.29 is 23.8 Å². The van der Waals surface area contributed by atoms with Crippen LogP contribution in [0, 0.1) is 0 Å². The second-order valence-corrected chi connectivity index (χ2v) is 9.77. The summed E-state index contributed by atoms with van der Waals surface area (Å²) in [7, 11) is 1.56. The van der Waals surface area contributed by atoms with Gasteiger partial charge >= 0.3 is 5.97 Å². The number of carbonyl (C=O) groups excluding carboxylic acids is 2. The van der Waals surface area contributed by atoms with Gasteiger partial charge in [0, 0.05) is 18.4 Å². The molecule has 4 aromatic rings. The molecular formula is C32H32N2O6. The van der Waals surface area contributed by atoms with Crippen LogP contribution in [0.25, 0.3) is 10.9 Å². The van der Waals surface area contributed by atoms with Gasteiger partial charge in [0.1, 0.15) is 18.2 Å². The summed E-state index contributed by atoms with van der Waals surface area (Å²) in [6, 6.07) is 22.9. The molecule has 8 heteroatoms. The molecule has 0 spiro atoms. The number of aromatic nitrogens is 1. The van der Waals surface area contributed by atoms with Crippen LogP contribution in [0.15, 0.2) is 83.7 Å². The van der Waals surface area contributed by atoms with Crippen LogP contribution in [0.4, 0.5) is 0 Å². The van der Waals surface area contributed by atoms with Crippen molar-refractivity contribution in [2.75, 3.05) is 13.7 Å². The first-order valence-corrected chi connectivity index (χ1v) is 13.5. The molecule has 1 N–H and O–H groups in total. The van der Waals surface area contributed by atoms with E-state index >= 15 is 0 Å². The fourth-order valence-corrected chi connectivity index (χ4v) is 4.93. The molecule has 0 bridgehead atoms. The van der Waals surface area contributed by atoms with Gasteiger partial charge in [0.15, 0.2) is 11.5 Å². The molecule has 3 aromatic carbocycles. The lowest BCUT2D eigenvalue weighted by Crippen LogP contribution is -2.45. The van der Waals surface area contributed by atoms with E-state index in [9.17, 15) is 14.4 Å². The van der Waals surface area contributed by atoms with E-state index in [1.54, 1.807) is 29.9 Å². The average molecular weight is 541 g/mol. The van der Waals surface area contributed by atoms with Gasteiger partial charge in [-0.15, -0.1) is 0 Å². The minimum absolute atomic E-state index is 0.0446.